The lowest BCUT2D eigenvalue weighted by Crippen LogP contribution is -2.33. The van der Waals surface area contributed by atoms with Gasteiger partial charge in [0.1, 0.15) is 5.82 Å². The Morgan fingerprint density at radius 2 is 2.04 bits per heavy atom. The number of nitrogens with one attached hydrogen (secondary N) is 1. The average molecular weight is 401 g/mol. The van der Waals surface area contributed by atoms with Gasteiger partial charge in [-0.1, -0.05) is 11.6 Å². The second-order valence-corrected chi connectivity index (χ2v) is 8.60. The van der Waals surface area contributed by atoms with Crippen molar-refractivity contribution in [1.82, 2.24) is 0 Å². The van der Waals surface area contributed by atoms with E-state index in [0.29, 0.717) is 12.2 Å². The Bertz CT molecular complexity index is 950. The van der Waals surface area contributed by atoms with Crippen LogP contribution in [0.4, 0.5) is 15.8 Å². The molecule has 0 spiro atoms. The number of benzene rings is 2. The number of anilines is 2. The van der Waals surface area contributed by atoms with E-state index in [0.717, 1.165) is 22.8 Å². The van der Waals surface area contributed by atoms with Crippen LogP contribution < -0.4 is 9.62 Å². The van der Waals surface area contributed by atoms with E-state index in [2.05, 4.69) is 4.72 Å². The molecule has 132 valence electrons. The number of sulfonamides is 1. The maximum atomic E-state index is 13.1. The fourth-order valence-corrected chi connectivity index (χ4v) is 4.81. The van der Waals surface area contributed by atoms with E-state index in [-0.39, 0.29) is 21.5 Å². The van der Waals surface area contributed by atoms with Crippen LogP contribution in [-0.2, 0) is 14.8 Å². The normalized spacial score (nSPS) is 14.1. The quantitative estimate of drug-likeness (QED) is 0.852. The number of hydrogen-bond donors (Lipinski definition) is 1. The molecule has 1 aliphatic heterocycles. The first-order valence-electron chi connectivity index (χ1n) is 7.31. The van der Waals surface area contributed by atoms with Crippen LogP contribution in [0.5, 0.6) is 0 Å². The molecule has 1 heterocycles. The van der Waals surface area contributed by atoms with Gasteiger partial charge in [-0.3, -0.25) is 9.52 Å². The van der Waals surface area contributed by atoms with Crippen LogP contribution in [-0.4, -0.2) is 26.6 Å². The van der Waals surface area contributed by atoms with Gasteiger partial charge in [0.15, 0.2) is 0 Å². The van der Waals surface area contributed by atoms with E-state index in [9.17, 15) is 17.6 Å². The molecule has 0 saturated carbocycles. The molecule has 0 fully saturated rings. The van der Waals surface area contributed by atoms with Gasteiger partial charge in [0.05, 0.1) is 21.3 Å². The Hall–Kier alpha value is -1.77. The smallest absolute Gasteiger partial charge is 0.262 e. The van der Waals surface area contributed by atoms with Crippen LogP contribution in [0, 0.1) is 5.82 Å². The van der Waals surface area contributed by atoms with E-state index < -0.39 is 15.8 Å². The van der Waals surface area contributed by atoms with Gasteiger partial charge >= 0.3 is 0 Å². The molecule has 0 bridgehead atoms. The van der Waals surface area contributed by atoms with E-state index in [1.165, 1.54) is 25.1 Å². The van der Waals surface area contributed by atoms with E-state index in [4.69, 9.17) is 11.6 Å². The highest BCUT2D eigenvalue weighted by atomic mass is 35.5. The largest absolute Gasteiger partial charge is 0.311 e. The van der Waals surface area contributed by atoms with Crippen molar-refractivity contribution >= 4 is 50.7 Å². The molecule has 0 radical (unpaired) electrons. The average Bonchev–Trinajstić information content (AvgIpc) is 2.56. The zero-order chi connectivity index (χ0) is 18.2. The van der Waals surface area contributed by atoms with E-state index in [1.807, 2.05) is 0 Å². The molecular weight excluding hydrogens is 387 g/mol. The van der Waals surface area contributed by atoms with Gasteiger partial charge in [0.2, 0.25) is 5.91 Å². The van der Waals surface area contributed by atoms with Crippen molar-refractivity contribution < 1.29 is 17.6 Å². The first-order valence-corrected chi connectivity index (χ1v) is 10.2. The second-order valence-electron chi connectivity index (χ2n) is 5.38. The Morgan fingerprint density at radius 1 is 1.28 bits per heavy atom. The van der Waals surface area contributed by atoms with Gasteiger partial charge in [-0.05, 0) is 36.4 Å². The van der Waals surface area contributed by atoms with Crippen LogP contribution in [0.15, 0.2) is 46.2 Å². The Morgan fingerprint density at radius 3 is 2.72 bits per heavy atom. The Balaban J connectivity index is 1.98. The molecule has 3 rings (SSSR count). The summed E-state index contributed by atoms with van der Waals surface area (Å²) in [6.07, 6.45) is 0. The number of carbonyl (C=O) groups is 1. The van der Waals surface area contributed by atoms with Crippen LogP contribution in [0.1, 0.15) is 6.92 Å². The highest BCUT2D eigenvalue weighted by Gasteiger charge is 2.24. The lowest BCUT2D eigenvalue weighted by atomic mass is 10.2. The van der Waals surface area contributed by atoms with E-state index in [1.54, 1.807) is 22.7 Å². The van der Waals surface area contributed by atoms with Crippen LogP contribution >= 0.6 is 23.4 Å². The predicted molar refractivity (Wildman–Crippen MR) is 97.4 cm³/mol. The third-order valence-electron chi connectivity index (χ3n) is 3.66. The topological polar surface area (TPSA) is 66.5 Å². The van der Waals surface area contributed by atoms with Gasteiger partial charge in [0, 0.05) is 24.1 Å². The summed E-state index contributed by atoms with van der Waals surface area (Å²) >= 11 is 7.45. The third-order valence-corrected chi connectivity index (χ3v) is 6.38. The molecule has 0 unspecified atom stereocenters. The van der Waals surface area contributed by atoms with Crippen molar-refractivity contribution in [2.24, 2.45) is 0 Å². The van der Waals surface area contributed by atoms with Gasteiger partial charge < -0.3 is 4.90 Å². The van der Waals surface area contributed by atoms with Gasteiger partial charge in [0.25, 0.3) is 10.0 Å². The lowest BCUT2D eigenvalue weighted by Gasteiger charge is -2.28. The lowest BCUT2D eigenvalue weighted by molar-refractivity contribution is -0.116. The molecule has 25 heavy (non-hydrogen) atoms. The summed E-state index contributed by atoms with van der Waals surface area (Å²) in [5, 5.41) is -0.0394. The molecule has 9 heteroatoms. The fourth-order valence-electron chi connectivity index (χ4n) is 2.47. The maximum absolute atomic E-state index is 13.1. The summed E-state index contributed by atoms with van der Waals surface area (Å²) in [4.78, 5) is 14.2. The molecule has 1 amide bonds. The van der Waals surface area contributed by atoms with Gasteiger partial charge in [-0.25, -0.2) is 12.8 Å². The minimum atomic E-state index is -3.94. The summed E-state index contributed by atoms with van der Waals surface area (Å²) in [5.41, 5.74) is 0.649. The molecule has 2 aromatic rings. The van der Waals surface area contributed by atoms with Crippen molar-refractivity contribution in [1.29, 1.82) is 0 Å². The van der Waals surface area contributed by atoms with Crippen LogP contribution in [0.25, 0.3) is 0 Å². The molecule has 0 atom stereocenters. The molecule has 2 aromatic carbocycles. The molecule has 1 N–H and O–H groups in total. The standard InChI is InChI=1S/C16H14ClFN2O3S2/c1-10(21)20-6-7-24-16-5-3-12(9-15(16)20)25(22,23)19-14-4-2-11(18)8-13(14)17/h2-5,8-9,19H,6-7H2,1H3. The number of fused-ring (bicyclic) bond motifs is 1. The summed E-state index contributed by atoms with van der Waals surface area (Å²) < 4.78 is 40.7. The molecular formula is C16H14ClFN2O3S2. The molecule has 5 nitrogen and oxygen atoms in total. The number of hydrogen-bond acceptors (Lipinski definition) is 4. The Kier molecular flexibility index (Phi) is 4.95. The summed E-state index contributed by atoms with van der Waals surface area (Å²) in [6, 6.07) is 8.00. The van der Waals surface area contributed by atoms with Gasteiger partial charge in [-0.15, -0.1) is 11.8 Å². The zero-order valence-corrected chi connectivity index (χ0v) is 15.5. The van der Waals surface area contributed by atoms with E-state index >= 15 is 0 Å². The first kappa shape index (κ1) is 18.0. The number of carbonyl (C=O) groups excluding carboxylic acids is 1. The second kappa shape index (κ2) is 6.86. The van der Waals surface area contributed by atoms with Crippen molar-refractivity contribution in [2.45, 2.75) is 16.7 Å². The minimum absolute atomic E-state index is 0.000363. The molecule has 0 saturated heterocycles. The SMILES string of the molecule is CC(=O)N1CCSc2ccc(S(=O)(=O)Nc3ccc(F)cc3Cl)cc21. The van der Waals surface area contributed by atoms with Crippen molar-refractivity contribution in [3.8, 4) is 0 Å². The van der Waals surface area contributed by atoms with Gasteiger partial charge in [-0.2, -0.15) is 0 Å². The van der Waals surface area contributed by atoms with Crippen molar-refractivity contribution in [2.75, 3.05) is 21.9 Å². The molecule has 0 aliphatic carbocycles. The summed E-state index contributed by atoms with van der Waals surface area (Å²) in [6.45, 7) is 1.96. The van der Waals surface area contributed by atoms with Crippen molar-refractivity contribution in [3.05, 3.63) is 47.2 Å². The maximum Gasteiger partial charge on any atom is 0.262 e. The first-order chi connectivity index (χ1) is 11.8. The predicted octanol–water partition coefficient (Wildman–Crippen LogP) is 3.74. The Labute approximate surface area is 154 Å². The highest BCUT2D eigenvalue weighted by Crippen LogP contribution is 2.37. The number of nitrogens with zero attached hydrogens (tertiary/aromatic N) is 1. The molecule has 1 aliphatic rings. The monoisotopic (exact) mass is 400 g/mol. The van der Waals surface area contributed by atoms with Crippen molar-refractivity contribution in [3.63, 3.8) is 0 Å². The minimum Gasteiger partial charge on any atom is -0.311 e. The summed E-state index contributed by atoms with van der Waals surface area (Å²) in [5.74, 6) is 0.0451. The van der Waals surface area contributed by atoms with Crippen LogP contribution in [0.2, 0.25) is 5.02 Å². The number of halogens is 2. The molecule has 0 aromatic heterocycles. The highest BCUT2D eigenvalue weighted by molar-refractivity contribution is 7.99. The summed E-state index contributed by atoms with van der Waals surface area (Å²) in [7, 11) is -3.94. The third kappa shape index (κ3) is 3.75. The number of thioether (sulfide) groups is 1. The number of amides is 1. The fraction of sp³-hybridized carbons (Fsp3) is 0.188. The number of rotatable bonds is 3. The van der Waals surface area contributed by atoms with Crippen LogP contribution in [0.3, 0.4) is 0 Å². The zero-order valence-electron chi connectivity index (χ0n) is 13.1.